The molecule has 2 N–H and O–H groups in total. The van der Waals surface area contributed by atoms with Crippen molar-refractivity contribution >= 4 is 11.9 Å². The van der Waals surface area contributed by atoms with Gasteiger partial charge in [-0.1, -0.05) is 51.1 Å². The fraction of sp³-hybridized carbons (Fsp3) is 0.500. The van der Waals surface area contributed by atoms with Gasteiger partial charge in [-0.05, 0) is 23.8 Å². The van der Waals surface area contributed by atoms with E-state index in [9.17, 15) is 9.59 Å². The maximum absolute atomic E-state index is 11.8. The molecule has 1 atom stereocenters. The number of carbonyl (C=O) groups excluding carboxylic acids is 1. The van der Waals surface area contributed by atoms with Crippen LogP contribution in [0.25, 0.3) is 0 Å². The third kappa shape index (κ3) is 6.36. The molecule has 1 aromatic rings. The Morgan fingerprint density at radius 1 is 1.20 bits per heavy atom. The van der Waals surface area contributed by atoms with Gasteiger partial charge in [-0.2, -0.15) is 0 Å². The van der Waals surface area contributed by atoms with Crippen LogP contribution in [0.4, 0.5) is 0 Å². The molecule has 0 spiro atoms. The number of hydrogen-bond donors (Lipinski definition) is 2. The number of carboxylic acid groups (broad SMARTS) is 1. The molecular formula is C16H23NO3. The number of hydrogen-bond acceptors (Lipinski definition) is 2. The van der Waals surface area contributed by atoms with Gasteiger partial charge in [0.2, 0.25) is 5.91 Å². The van der Waals surface area contributed by atoms with Gasteiger partial charge in [0.05, 0.1) is 0 Å². The first-order valence-corrected chi connectivity index (χ1v) is 6.84. The molecular weight excluding hydrogens is 254 g/mol. The molecule has 0 saturated heterocycles. The summed E-state index contributed by atoms with van der Waals surface area (Å²) in [6.07, 6.45) is 1.34. The molecule has 0 aliphatic rings. The van der Waals surface area contributed by atoms with Crippen molar-refractivity contribution in [2.45, 2.75) is 46.1 Å². The van der Waals surface area contributed by atoms with E-state index in [4.69, 9.17) is 5.11 Å². The van der Waals surface area contributed by atoms with Crippen LogP contribution >= 0.6 is 0 Å². The van der Waals surface area contributed by atoms with Gasteiger partial charge in [-0.15, -0.1) is 0 Å². The van der Waals surface area contributed by atoms with Crippen molar-refractivity contribution in [1.82, 2.24) is 5.32 Å². The lowest BCUT2D eigenvalue weighted by Gasteiger charge is -2.24. The third-order valence-corrected chi connectivity index (χ3v) is 2.93. The Morgan fingerprint density at radius 2 is 1.80 bits per heavy atom. The lowest BCUT2D eigenvalue weighted by molar-refractivity contribution is -0.142. The van der Waals surface area contributed by atoms with Gasteiger partial charge in [-0.3, -0.25) is 4.79 Å². The zero-order valence-electron chi connectivity index (χ0n) is 12.3. The van der Waals surface area contributed by atoms with Crippen LogP contribution < -0.4 is 5.32 Å². The van der Waals surface area contributed by atoms with Crippen LogP contribution in [0.2, 0.25) is 0 Å². The Kier molecular flexibility index (Phi) is 5.74. The van der Waals surface area contributed by atoms with Gasteiger partial charge in [0.25, 0.3) is 0 Å². The van der Waals surface area contributed by atoms with E-state index >= 15 is 0 Å². The molecule has 0 aliphatic heterocycles. The summed E-state index contributed by atoms with van der Waals surface area (Å²) in [5.41, 5.74) is 0.931. The van der Waals surface area contributed by atoms with E-state index in [0.29, 0.717) is 19.3 Å². The molecule has 1 rings (SSSR count). The first kappa shape index (κ1) is 16.2. The topological polar surface area (TPSA) is 66.4 Å². The van der Waals surface area contributed by atoms with Crippen molar-refractivity contribution in [1.29, 1.82) is 0 Å². The predicted molar refractivity (Wildman–Crippen MR) is 78.4 cm³/mol. The number of carboxylic acids is 1. The van der Waals surface area contributed by atoms with Gasteiger partial charge < -0.3 is 10.4 Å². The van der Waals surface area contributed by atoms with Gasteiger partial charge in [0, 0.05) is 6.42 Å². The molecule has 0 aromatic heterocycles. The van der Waals surface area contributed by atoms with E-state index in [2.05, 4.69) is 5.32 Å². The minimum absolute atomic E-state index is 0.143. The van der Waals surface area contributed by atoms with Crippen molar-refractivity contribution in [2.75, 3.05) is 0 Å². The van der Waals surface area contributed by atoms with Gasteiger partial charge in [0.1, 0.15) is 6.04 Å². The molecule has 20 heavy (non-hydrogen) atoms. The molecule has 1 aromatic carbocycles. The molecule has 0 heterocycles. The minimum Gasteiger partial charge on any atom is -0.480 e. The maximum Gasteiger partial charge on any atom is 0.326 e. The van der Waals surface area contributed by atoms with Crippen LogP contribution in [0.5, 0.6) is 0 Å². The molecule has 4 nitrogen and oxygen atoms in total. The summed E-state index contributed by atoms with van der Waals surface area (Å²) in [6.45, 7) is 5.87. The summed E-state index contributed by atoms with van der Waals surface area (Å²) < 4.78 is 0. The average Bonchev–Trinajstić information content (AvgIpc) is 2.35. The Labute approximate surface area is 120 Å². The standard InChI is InChI=1S/C16H23NO3/c1-16(2,3)11-13(15(19)20)17-14(18)10-9-12-7-5-4-6-8-12/h4-8,13H,9-11H2,1-3H3,(H,17,18)(H,19,20)/t13-/m0/s1. The lowest BCUT2D eigenvalue weighted by atomic mass is 9.88. The van der Waals surface area contributed by atoms with Crippen molar-refractivity contribution in [2.24, 2.45) is 5.41 Å². The van der Waals surface area contributed by atoms with Gasteiger partial charge in [-0.25, -0.2) is 4.79 Å². The Hall–Kier alpha value is -1.84. The number of aryl methyl sites for hydroxylation is 1. The second kappa shape index (κ2) is 7.08. The smallest absolute Gasteiger partial charge is 0.326 e. The molecule has 0 unspecified atom stereocenters. The molecule has 0 saturated carbocycles. The molecule has 1 amide bonds. The Balaban J connectivity index is 2.48. The van der Waals surface area contributed by atoms with Crippen LogP contribution in [0, 0.1) is 5.41 Å². The number of benzene rings is 1. The second-order valence-electron chi connectivity index (χ2n) is 6.21. The fourth-order valence-electron chi connectivity index (χ4n) is 1.98. The SMILES string of the molecule is CC(C)(C)C[C@H](NC(=O)CCc1ccccc1)C(=O)O. The van der Waals surface area contributed by atoms with E-state index < -0.39 is 12.0 Å². The third-order valence-electron chi connectivity index (χ3n) is 2.93. The predicted octanol–water partition coefficient (Wildman–Crippen LogP) is 2.62. The van der Waals surface area contributed by atoms with Crippen molar-refractivity contribution in [3.05, 3.63) is 35.9 Å². The van der Waals surface area contributed by atoms with E-state index in [1.807, 2.05) is 51.1 Å². The van der Waals surface area contributed by atoms with Crippen LogP contribution in [-0.4, -0.2) is 23.0 Å². The molecule has 0 bridgehead atoms. The number of rotatable bonds is 6. The van der Waals surface area contributed by atoms with Crippen LogP contribution in [0.1, 0.15) is 39.2 Å². The summed E-state index contributed by atoms with van der Waals surface area (Å²) in [7, 11) is 0. The van der Waals surface area contributed by atoms with Gasteiger partial charge in [0.15, 0.2) is 0 Å². The molecule has 0 radical (unpaired) electrons. The number of nitrogens with one attached hydrogen (secondary N) is 1. The Bertz CT molecular complexity index is 449. The highest BCUT2D eigenvalue weighted by Gasteiger charge is 2.25. The van der Waals surface area contributed by atoms with E-state index in [-0.39, 0.29) is 11.3 Å². The number of carbonyl (C=O) groups is 2. The maximum atomic E-state index is 11.8. The molecule has 0 fully saturated rings. The normalized spacial score (nSPS) is 12.8. The summed E-state index contributed by atoms with van der Waals surface area (Å²) >= 11 is 0. The van der Waals surface area contributed by atoms with Crippen LogP contribution in [0.3, 0.4) is 0 Å². The van der Waals surface area contributed by atoms with Crippen LogP contribution in [0.15, 0.2) is 30.3 Å². The van der Waals surface area contributed by atoms with Crippen molar-refractivity contribution in [3.8, 4) is 0 Å². The van der Waals surface area contributed by atoms with Crippen molar-refractivity contribution in [3.63, 3.8) is 0 Å². The fourth-order valence-corrected chi connectivity index (χ4v) is 1.98. The highest BCUT2D eigenvalue weighted by molar-refractivity contribution is 5.83. The molecule has 0 aliphatic carbocycles. The summed E-state index contributed by atoms with van der Waals surface area (Å²) in [4.78, 5) is 23.0. The average molecular weight is 277 g/mol. The molecule has 110 valence electrons. The monoisotopic (exact) mass is 277 g/mol. The van der Waals surface area contributed by atoms with Crippen LogP contribution in [-0.2, 0) is 16.0 Å². The number of amides is 1. The van der Waals surface area contributed by atoms with E-state index in [1.54, 1.807) is 0 Å². The zero-order valence-corrected chi connectivity index (χ0v) is 12.3. The first-order valence-electron chi connectivity index (χ1n) is 6.84. The Morgan fingerprint density at radius 3 is 2.30 bits per heavy atom. The van der Waals surface area contributed by atoms with Gasteiger partial charge >= 0.3 is 5.97 Å². The largest absolute Gasteiger partial charge is 0.480 e. The van der Waals surface area contributed by atoms with Crippen molar-refractivity contribution < 1.29 is 14.7 Å². The highest BCUT2D eigenvalue weighted by atomic mass is 16.4. The minimum atomic E-state index is -0.979. The van der Waals surface area contributed by atoms with E-state index in [0.717, 1.165) is 5.56 Å². The first-order chi connectivity index (χ1) is 9.28. The number of aliphatic carboxylic acids is 1. The second-order valence-corrected chi connectivity index (χ2v) is 6.21. The van der Waals surface area contributed by atoms with E-state index in [1.165, 1.54) is 0 Å². The quantitative estimate of drug-likeness (QED) is 0.840. The zero-order chi connectivity index (χ0) is 15.2. The highest BCUT2D eigenvalue weighted by Crippen LogP contribution is 2.21. The summed E-state index contributed by atoms with van der Waals surface area (Å²) in [5.74, 6) is -1.20. The summed E-state index contributed by atoms with van der Waals surface area (Å²) in [6, 6.07) is 8.86. The lowest BCUT2D eigenvalue weighted by Crippen LogP contribution is -2.43. The summed E-state index contributed by atoms with van der Waals surface area (Å²) in [5, 5.41) is 11.8. The molecule has 4 heteroatoms.